The topological polar surface area (TPSA) is 81.8 Å². The van der Waals surface area contributed by atoms with Crippen LogP contribution in [-0.4, -0.2) is 59.4 Å². The number of carbonyl (C=O) groups excluding carboxylic acids is 3. The number of rotatable bonds is 4. The molecule has 7 heteroatoms. The molecule has 4 rings (SSSR count). The molecule has 3 heterocycles. The van der Waals surface area contributed by atoms with E-state index in [2.05, 4.69) is 39.8 Å². The van der Waals surface area contributed by atoms with Crippen molar-refractivity contribution in [1.29, 1.82) is 0 Å². The Labute approximate surface area is 159 Å². The Hall–Kier alpha value is -2.41. The zero-order valence-electron chi connectivity index (χ0n) is 15.4. The van der Waals surface area contributed by atoms with Gasteiger partial charge in [-0.2, -0.15) is 0 Å². The summed E-state index contributed by atoms with van der Waals surface area (Å²) in [7, 11) is 0. The van der Waals surface area contributed by atoms with E-state index in [4.69, 9.17) is 0 Å². The molecule has 0 saturated carbocycles. The van der Waals surface area contributed by atoms with Crippen LogP contribution in [0.4, 0.5) is 4.79 Å². The van der Waals surface area contributed by atoms with Crippen LogP contribution in [0.15, 0.2) is 24.3 Å². The van der Waals surface area contributed by atoms with Gasteiger partial charge >= 0.3 is 6.03 Å². The van der Waals surface area contributed by atoms with Crippen LogP contribution >= 0.6 is 0 Å². The first-order valence-corrected chi connectivity index (χ1v) is 9.80. The Morgan fingerprint density at radius 3 is 2.52 bits per heavy atom. The van der Waals surface area contributed by atoms with Gasteiger partial charge in [0.15, 0.2) is 0 Å². The van der Waals surface area contributed by atoms with Gasteiger partial charge in [-0.15, -0.1) is 0 Å². The van der Waals surface area contributed by atoms with Crippen molar-refractivity contribution in [3.05, 3.63) is 35.4 Å². The summed E-state index contributed by atoms with van der Waals surface area (Å²) >= 11 is 0. The molecule has 1 atom stereocenters. The summed E-state index contributed by atoms with van der Waals surface area (Å²) in [6.07, 6.45) is 3.74. The van der Waals surface area contributed by atoms with Crippen molar-refractivity contribution >= 4 is 17.8 Å². The summed E-state index contributed by atoms with van der Waals surface area (Å²) in [5.41, 5.74) is 2.89. The van der Waals surface area contributed by atoms with E-state index in [1.165, 1.54) is 11.1 Å². The maximum absolute atomic E-state index is 12.5. The number of hydrogen-bond donors (Lipinski definition) is 2. The SMILES string of the molecule is O=C1NC(=O)C(CCC(=O)N2CCC(N3CCc4ccccc4C3)CC2)N1. The quantitative estimate of drug-likeness (QED) is 0.776. The molecule has 144 valence electrons. The molecule has 0 radical (unpaired) electrons. The Kier molecular flexibility index (Phi) is 5.11. The lowest BCUT2D eigenvalue weighted by Crippen LogP contribution is -2.48. The Morgan fingerprint density at radius 2 is 1.81 bits per heavy atom. The lowest BCUT2D eigenvalue weighted by atomic mass is 9.95. The van der Waals surface area contributed by atoms with Crippen molar-refractivity contribution in [1.82, 2.24) is 20.4 Å². The summed E-state index contributed by atoms with van der Waals surface area (Å²) in [6.45, 7) is 3.63. The largest absolute Gasteiger partial charge is 0.343 e. The van der Waals surface area contributed by atoms with Gasteiger partial charge in [-0.25, -0.2) is 4.79 Å². The maximum Gasteiger partial charge on any atom is 0.322 e. The van der Waals surface area contributed by atoms with Gasteiger partial charge in [-0.3, -0.25) is 19.8 Å². The lowest BCUT2D eigenvalue weighted by Gasteiger charge is -2.40. The minimum Gasteiger partial charge on any atom is -0.343 e. The third-order valence-corrected chi connectivity index (χ3v) is 6.00. The molecule has 1 aromatic rings. The third kappa shape index (κ3) is 3.98. The van der Waals surface area contributed by atoms with Crippen LogP contribution in [0, 0.1) is 0 Å². The molecule has 3 aliphatic rings. The minimum absolute atomic E-state index is 0.0754. The Balaban J connectivity index is 1.24. The van der Waals surface area contributed by atoms with Crippen LogP contribution < -0.4 is 10.6 Å². The van der Waals surface area contributed by atoms with Crippen molar-refractivity contribution in [2.45, 2.75) is 50.7 Å². The van der Waals surface area contributed by atoms with E-state index < -0.39 is 12.1 Å². The predicted octanol–water partition coefficient (Wildman–Crippen LogP) is 1.02. The van der Waals surface area contributed by atoms with Crippen LogP contribution in [0.3, 0.4) is 0 Å². The van der Waals surface area contributed by atoms with E-state index in [0.29, 0.717) is 18.9 Å². The van der Waals surface area contributed by atoms with E-state index in [9.17, 15) is 14.4 Å². The van der Waals surface area contributed by atoms with Crippen molar-refractivity contribution in [2.24, 2.45) is 0 Å². The fourth-order valence-corrected chi connectivity index (χ4v) is 4.40. The highest BCUT2D eigenvalue weighted by Crippen LogP contribution is 2.25. The number of hydrogen-bond acceptors (Lipinski definition) is 4. The second-order valence-electron chi connectivity index (χ2n) is 7.66. The van der Waals surface area contributed by atoms with Crippen molar-refractivity contribution in [3.63, 3.8) is 0 Å². The van der Waals surface area contributed by atoms with Gasteiger partial charge in [0.25, 0.3) is 5.91 Å². The van der Waals surface area contributed by atoms with Crippen molar-refractivity contribution in [3.8, 4) is 0 Å². The number of nitrogens with zero attached hydrogens (tertiary/aromatic N) is 2. The van der Waals surface area contributed by atoms with Gasteiger partial charge < -0.3 is 10.2 Å². The molecule has 3 aliphatic heterocycles. The minimum atomic E-state index is -0.576. The maximum atomic E-state index is 12.5. The van der Waals surface area contributed by atoms with Crippen LogP contribution in [0.25, 0.3) is 0 Å². The predicted molar refractivity (Wildman–Crippen MR) is 99.9 cm³/mol. The molecule has 0 bridgehead atoms. The number of amides is 4. The number of benzene rings is 1. The number of nitrogens with one attached hydrogen (secondary N) is 2. The summed E-state index contributed by atoms with van der Waals surface area (Å²) in [6, 6.07) is 8.14. The molecule has 2 N–H and O–H groups in total. The number of likely N-dealkylation sites (tertiary alicyclic amines) is 1. The molecule has 4 amide bonds. The molecule has 2 saturated heterocycles. The van der Waals surface area contributed by atoms with Gasteiger partial charge in [0.2, 0.25) is 5.91 Å². The summed E-state index contributed by atoms with van der Waals surface area (Å²) < 4.78 is 0. The van der Waals surface area contributed by atoms with Crippen molar-refractivity contribution in [2.75, 3.05) is 19.6 Å². The number of piperidine rings is 1. The summed E-state index contributed by atoms with van der Waals surface area (Å²) in [4.78, 5) is 39.6. The highest BCUT2D eigenvalue weighted by Gasteiger charge is 2.32. The zero-order chi connectivity index (χ0) is 18.8. The monoisotopic (exact) mass is 370 g/mol. The van der Waals surface area contributed by atoms with Crippen LogP contribution in [-0.2, 0) is 22.6 Å². The van der Waals surface area contributed by atoms with Crippen LogP contribution in [0.2, 0.25) is 0 Å². The molecule has 1 unspecified atom stereocenters. The highest BCUT2D eigenvalue weighted by atomic mass is 16.2. The average Bonchev–Trinajstić information content (AvgIpc) is 3.03. The van der Waals surface area contributed by atoms with Gasteiger partial charge in [0, 0.05) is 38.6 Å². The highest BCUT2D eigenvalue weighted by molar-refractivity contribution is 6.04. The van der Waals surface area contributed by atoms with Gasteiger partial charge in [0.1, 0.15) is 6.04 Å². The van der Waals surface area contributed by atoms with Gasteiger partial charge in [-0.05, 0) is 36.8 Å². The summed E-state index contributed by atoms with van der Waals surface area (Å²) in [5, 5.41) is 4.74. The van der Waals surface area contributed by atoms with Gasteiger partial charge in [-0.1, -0.05) is 24.3 Å². The number of urea groups is 1. The van der Waals surface area contributed by atoms with E-state index >= 15 is 0 Å². The smallest absolute Gasteiger partial charge is 0.322 e. The number of fused-ring (bicyclic) bond motifs is 1. The molecule has 2 fully saturated rings. The van der Waals surface area contributed by atoms with E-state index in [1.807, 2.05) is 4.90 Å². The van der Waals surface area contributed by atoms with Crippen LogP contribution in [0.5, 0.6) is 0 Å². The zero-order valence-corrected chi connectivity index (χ0v) is 15.4. The molecule has 0 aromatic heterocycles. The molecule has 1 aromatic carbocycles. The number of imide groups is 1. The third-order valence-electron chi connectivity index (χ3n) is 6.00. The van der Waals surface area contributed by atoms with E-state index in [-0.39, 0.29) is 11.8 Å². The molecular weight excluding hydrogens is 344 g/mol. The molecule has 0 aliphatic carbocycles. The standard InChI is InChI=1S/C20H26N4O3/c25-18(6-5-17-19(26)22-20(27)21-17)23-11-8-16(9-12-23)24-10-7-14-3-1-2-4-15(14)13-24/h1-4,16-17H,5-13H2,(H2,21,22,26,27). The fraction of sp³-hybridized carbons (Fsp3) is 0.550. The first kappa shape index (κ1) is 18.0. The Bertz CT molecular complexity index is 742. The second kappa shape index (κ2) is 7.68. The first-order valence-electron chi connectivity index (χ1n) is 9.80. The average molecular weight is 370 g/mol. The van der Waals surface area contributed by atoms with Crippen molar-refractivity contribution < 1.29 is 14.4 Å². The Morgan fingerprint density at radius 1 is 1.07 bits per heavy atom. The lowest BCUT2D eigenvalue weighted by molar-refractivity contribution is -0.133. The van der Waals surface area contributed by atoms with Crippen LogP contribution in [0.1, 0.15) is 36.8 Å². The normalized spacial score (nSPS) is 23.7. The molecule has 0 spiro atoms. The first-order chi connectivity index (χ1) is 13.1. The number of carbonyl (C=O) groups is 3. The fourth-order valence-electron chi connectivity index (χ4n) is 4.40. The molecule has 27 heavy (non-hydrogen) atoms. The second-order valence-corrected chi connectivity index (χ2v) is 7.66. The summed E-state index contributed by atoms with van der Waals surface area (Å²) in [5.74, 6) is -0.261. The molecule has 7 nitrogen and oxygen atoms in total. The van der Waals surface area contributed by atoms with Gasteiger partial charge in [0.05, 0.1) is 0 Å². The van der Waals surface area contributed by atoms with E-state index in [1.54, 1.807) is 0 Å². The molecular formula is C20H26N4O3. The van der Waals surface area contributed by atoms with E-state index in [0.717, 1.165) is 45.4 Å².